The van der Waals surface area contributed by atoms with Gasteiger partial charge in [-0.05, 0) is 62.2 Å². The summed E-state index contributed by atoms with van der Waals surface area (Å²) in [7, 11) is -2.55. The molecular formula is C21H24N2O6S. The number of rotatable bonds is 6. The van der Waals surface area contributed by atoms with Gasteiger partial charge in [-0.3, -0.25) is 9.52 Å². The van der Waals surface area contributed by atoms with Crippen molar-refractivity contribution in [1.29, 1.82) is 0 Å². The topological polar surface area (TPSA) is 102 Å². The van der Waals surface area contributed by atoms with Crippen molar-refractivity contribution in [2.45, 2.75) is 38.2 Å². The maximum atomic E-state index is 13.0. The molecule has 0 radical (unpaired) electrons. The van der Waals surface area contributed by atoms with Crippen molar-refractivity contribution in [1.82, 2.24) is 0 Å². The Labute approximate surface area is 175 Å². The minimum atomic E-state index is -3.96. The number of carbonyl (C=O) groups is 2. The zero-order chi connectivity index (χ0) is 22.1. The second-order valence-electron chi connectivity index (χ2n) is 7.19. The first-order valence-electron chi connectivity index (χ1n) is 9.45. The Bertz CT molecular complexity index is 1090. The number of fused-ring (bicyclic) bond motifs is 1. The molecule has 160 valence electrons. The molecular weight excluding hydrogens is 408 g/mol. The predicted octanol–water partition coefficient (Wildman–Crippen LogP) is 2.97. The van der Waals surface area contributed by atoms with E-state index in [4.69, 9.17) is 9.47 Å². The van der Waals surface area contributed by atoms with Gasteiger partial charge in [-0.15, -0.1) is 0 Å². The van der Waals surface area contributed by atoms with E-state index in [0.29, 0.717) is 13.0 Å². The maximum Gasteiger partial charge on any atom is 0.338 e. The van der Waals surface area contributed by atoms with Crippen molar-refractivity contribution in [3.05, 3.63) is 47.5 Å². The number of anilines is 2. The molecule has 0 saturated carbocycles. The van der Waals surface area contributed by atoms with E-state index in [9.17, 15) is 18.0 Å². The fourth-order valence-electron chi connectivity index (χ4n) is 3.27. The van der Waals surface area contributed by atoms with Gasteiger partial charge >= 0.3 is 5.97 Å². The Morgan fingerprint density at radius 2 is 1.87 bits per heavy atom. The number of esters is 1. The lowest BCUT2D eigenvalue weighted by molar-refractivity contribution is -0.116. The van der Waals surface area contributed by atoms with Gasteiger partial charge in [-0.2, -0.15) is 0 Å². The quantitative estimate of drug-likeness (QED) is 0.704. The van der Waals surface area contributed by atoms with Gasteiger partial charge in [0.2, 0.25) is 5.91 Å². The molecule has 9 heteroatoms. The zero-order valence-corrected chi connectivity index (χ0v) is 18.1. The molecule has 0 atom stereocenters. The van der Waals surface area contributed by atoms with Crippen LogP contribution in [0.2, 0.25) is 0 Å². The minimum Gasteiger partial charge on any atom is -0.495 e. The average Bonchev–Trinajstić information content (AvgIpc) is 3.10. The number of amides is 1. The van der Waals surface area contributed by atoms with Crippen molar-refractivity contribution in [3.63, 3.8) is 0 Å². The molecule has 0 spiro atoms. The molecule has 0 bridgehead atoms. The maximum absolute atomic E-state index is 13.0. The summed E-state index contributed by atoms with van der Waals surface area (Å²) in [5.74, 6) is -0.379. The summed E-state index contributed by atoms with van der Waals surface area (Å²) < 4.78 is 38.9. The van der Waals surface area contributed by atoms with Crippen LogP contribution in [0.1, 0.15) is 36.7 Å². The molecule has 2 aromatic rings. The number of benzene rings is 2. The first-order valence-corrected chi connectivity index (χ1v) is 10.9. The highest BCUT2D eigenvalue weighted by Gasteiger charge is 2.25. The first kappa shape index (κ1) is 21.6. The molecule has 0 aromatic heterocycles. The van der Waals surface area contributed by atoms with Crippen molar-refractivity contribution in [3.8, 4) is 5.75 Å². The van der Waals surface area contributed by atoms with Crippen LogP contribution < -0.4 is 14.4 Å². The molecule has 30 heavy (non-hydrogen) atoms. The van der Waals surface area contributed by atoms with Gasteiger partial charge in [0.05, 0.1) is 29.4 Å². The Morgan fingerprint density at radius 1 is 1.13 bits per heavy atom. The van der Waals surface area contributed by atoms with E-state index in [1.165, 1.54) is 38.3 Å². The van der Waals surface area contributed by atoms with Gasteiger partial charge < -0.3 is 14.4 Å². The van der Waals surface area contributed by atoms with E-state index < -0.39 is 16.0 Å². The van der Waals surface area contributed by atoms with E-state index in [1.807, 2.05) is 0 Å². The Balaban J connectivity index is 1.92. The number of carbonyl (C=O) groups excluding carboxylic acids is 2. The Kier molecular flexibility index (Phi) is 6.02. The second kappa shape index (κ2) is 8.35. The lowest BCUT2D eigenvalue weighted by Crippen LogP contribution is -2.25. The van der Waals surface area contributed by atoms with Crippen LogP contribution in [-0.2, 0) is 26.0 Å². The molecule has 1 amide bonds. The minimum absolute atomic E-state index is 0.0591. The van der Waals surface area contributed by atoms with Crippen LogP contribution in [0.4, 0.5) is 11.4 Å². The van der Waals surface area contributed by atoms with Gasteiger partial charge in [0.25, 0.3) is 10.0 Å². The van der Waals surface area contributed by atoms with E-state index in [2.05, 4.69) is 4.72 Å². The van der Waals surface area contributed by atoms with Crippen LogP contribution in [0.3, 0.4) is 0 Å². The molecule has 0 fully saturated rings. The Hall–Kier alpha value is -3.07. The number of hydrogen-bond acceptors (Lipinski definition) is 6. The SMILES string of the molecule is COc1ccc(C(=O)OC(C)C)cc1NS(=O)(=O)c1ccc2c(c1)CCN2C(C)=O. The number of hydrogen-bond donors (Lipinski definition) is 1. The van der Waals surface area contributed by atoms with Crippen LogP contribution in [0.15, 0.2) is 41.3 Å². The average molecular weight is 432 g/mol. The lowest BCUT2D eigenvalue weighted by Gasteiger charge is -2.16. The van der Waals surface area contributed by atoms with Crippen LogP contribution in [0.25, 0.3) is 0 Å². The first-order chi connectivity index (χ1) is 14.1. The Morgan fingerprint density at radius 3 is 2.50 bits per heavy atom. The molecule has 2 aromatic carbocycles. The highest BCUT2D eigenvalue weighted by Crippen LogP contribution is 2.32. The summed E-state index contributed by atoms with van der Waals surface area (Å²) in [5.41, 5.74) is 1.83. The molecule has 3 rings (SSSR count). The van der Waals surface area contributed by atoms with Crippen molar-refractivity contribution in [2.75, 3.05) is 23.3 Å². The van der Waals surface area contributed by atoms with Gasteiger partial charge in [-0.25, -0.2) is 13.2 Å². The van der Waals surface area contributed by atoms with E-state index in [-0.39, 0.29) is 33.9 Å². The highest BCUT2D eigenvalue weighted by molar-refractivity contribution is 7.92. The fraction of sp³-hybridized carbons (Fsp3) is 0.333. The molecule has 8 nitrogen and oxygen atoms in total. The van der Waals surface area contributed by atoms with Crippen LogP contribution in [0.5, 0.6) is 5.75 Å². The number of ether oxygens (including phenoxy) is 2. The highest BCUT2D eigenvalue weighted by atomic mass is 32.2. The van der Waals surface area contributed by atoms with Gasteiger partial charge in [0.1, 0.15) is 5.75 Å². The van der Waals surface area contributed by atoms with E-state index in [0.717, 1.165) is 11.3 Å². The summed E-state index contributed by atoms with van der Waals surface area (Å²) in [6, 6.07) is 9.03. The van der Waals surface area contributed by atoms with E-state index >= 15 is 0 Å². The summed E-state index contributed by atoms with van der Waals surface area (Å²) >= 11 is 0. The summed E-state index contributed by atoms with van der Waals surface area (Å²) in [4.78, 5) is 25.6. The van der Waals surface area contributed by atoms with Crippen LogP contribution in [0, 0.1) is 0 Å². The second-order valence-corrected chi connectivity index (χ2v) is 8.87. The summed E-state index contributed by atoms with van der Waals surface area (Å²) in [5, 5.41) is 0. The molecule has 0 saturated heterocycles. The monoisotopic (exact) mass is 432 g/mol. The van der Waals surface area contributed by atoms with E-state index in [1.54, 1.807) is 30.9 Å². The summed E-state index contributed by atoms with van der Waals surface area (Å²) in [6.07, 6.45) is 0.277. The van der Waals surface area contributed by atoms with Gasteiger partial charge in [-0.1, -0.05) is 0 Å². The van der Waals surface area contributed by atoms with Crippen LogP contribution >= 0.6 is 0 Å². The lowest BCUT2D eigenvalue weighted by atomic mass is 10.2. The third-order valence-corrected chi connectivity index (χ3v) is 6.02. The van der Waals surface area contributed by atoms with Crippen LogP contribution in [-0.4, -0.2) is 40.1 Å². The number of nitrogens with one attached hydrogen (secondary N) is 1. The van der Waals surface area contributed by atoms with Crippen molar-refractivity contribution >= 4 is 33.3 Å². The van der Waals surface area contributed by atoms with Gasteiger partial charge in [0, 0.05) is 19.2 Å². The fourth-order valence-corrected chi connectivity index (χ4v) is 4.38. The largest absolute Gasteiger partial charge is 0.495 e. The predicted molar refractivity (Wildman–Crippen MR) is 113 cm³/mol. The normalized spacial score (nSPS) is 13.2. The van der Waals surface area contributed by atoms with Gasteiger partial charge in [0.15, 0.2) is 0 Å². The summed E-state index contributed by atoms with van der Waals surface area (Å²) in [6.45, 7) is 5.46. The third-order valence-electron chi connectivity index (χ3n) is 4.66. The zero-order valence-electron chi connectivity index (χ0n) is 17.3. The molecule has 1 aliphatic heterocycles. The number of nitrogens with zero attached hydrogens (tertiary/aromatic N) is 1. The van der Waals surface area contributed by atoms with Crippen molar-refractivity contribution in [2.24, 2.45) is 0 Å². The third kappa shape index (κ3) is 4.40. The molecule has 0 aliphatic carbocycles. The standard InChI is InChI=1S/C21H24N2O6S/c1-13(2)29-21(25)16-5-8-20(28-4)18(12-16)22-30(26,27)17-6-7-19-15(11-17)9-10-23(19)14(3)24/h5-8,11-13,22H,9-10H2,1-4H3. The van der Waals surface area contributed by atoms with Crippen molar-refractivity contribution < 1.29 is 27.5 Å². The molecule has 1 N–H and O–H groups in total. The molecule has 1 aliphatic rings. The smallest absolute Gasteiger partial charge is 0.338 e. The number of methoxy groups -OCH3 is 1. The number of sulfonamides is 1. The molecule has 0 unspecified atom stereocenters. The molecule has 1 heterocycles.